The van der Waals surface area contributed by atoms with E-state index in [2.05, 4.69) is 9.88 Å². The Labute approximate surface area is 165 Å². The van der Waals surface area contributed by atoms with E-state index in [9.17, 15) is 4.79 Å². The topological polar surface area (TPSA) is 56.1 Å². The molecule has 3 aromatic rings. The van der Waals surface area contributed by atoms with Crippen molar-refractivity contribution in [2.45, 2.75) is 58.7 Å². The van der Waals surface area contributed by atoms with Crippen molar-refractivity contribution in [1.82, 2.24) is 14.9 Å². The van der Waals surface area contributed by atoms with Crippen molar-refractivity contribution >= 4 is 16.9 Å². The molecule has 2 heterocycles. The van der Waals surface area contributed by atoms with E-state index in [-0.39, 0.29) is 12.0 Å². The number of hydrogen-bond donors (Lipinski definition) is 1. The summed E-state index contributed by atoms with van der Waals surface area (Å²) in [4.78, 5) is 17.4. The summed E-state index contributed by atoms with van der Waals surface area (Å²) in [6.45, 7) is 5.51. The lowest BCUT2D eigenvalue weighted by Gasteiger charge is -2.10. The molecule has 146 valence electrons. The minimum atomic E-state index is -0.0763. The summed E-state index contributed by atoms with van der Waals surface area (Å²) in [5.41, 5.74) is 3.74. The summed E-state index contributed by atoms with van der Waals surface area (Å²) in [6, 6.07) is 13.7. The standard InChI is InChI=1S/C23H27N3O2/c1-16(2)28-19-10-7-17(8-11-19)15-24-23(27)18-9-12-21-20(14-18)25-22-6-4-3-5-13-26(21)22/h7-12,14,16H,3-6,13,15H2,1-2H3,(H,24,27). The summed E-state index contributed by atoms with van der Waals surface area (Å²) in [6.07, 6.45) is 4.82. The van der Waals surface area contributed by atoms with Gasteiger partial charge in [0.05, 0.1) is 17.1 Å². The van der Waals surface area contributed by atoms with Gasteiger partial charge in [-0.2, -0.15) is 0 Å². The molecule has 1 aromatic heterocycles. The third-order valence-corrected chi connectivity index (χ3v) is 5.12. The van der Waals surface area contributed by atoms with Gasteiger partial charge >= 0.3 is 0 Å². The van der Waals surface area contributed by atoms with Gasteiger partial charge in [0.15, 0.2) is 0 Å². The van der Waals surface area contributed by atoms with Gasteiger partial charge in [-0.25, -0.2) is 4.98 Å². The normalized spacial score (nSPS) is 14.0. The fourth-order valence-electron chi connectivity index (χ4n) is 3.73. The molecule has 1 amide bonds. The highest BCUT2D eigenvalue weighted by molar-refractivity contribution is 5.97. The Morgan fingerprint density at radius 3 is 2.75 bits per heavy atom. The molecule has 5 heteroatoms. The summed E-state index contributed by atoms with van der Waals surface area (Å²) < 4.78 is 7.96. The molecule has 0 radical (unpaired) electrons. The van der Waals surface area contributed by atoms with E-state index in [0.717, 1.165) is 41.1 Å². The van der Waals surface area contributed by atoms with Crippen LogP contribution in [0.25, 0.3) is 11.0 Å². The number of amides is 1. The number of fused-ring (bicyclic) bond motifs is 3. The number of ether oxygens (including phenoxy) is 1. The first-order valence-electron chi connectivity index (χ1n) is 10.1. The quantitative estimate of drug-likeness (QED) is 0.713. The third kappa shape index (κ3) is 4.03. The minimum absolute atomic E-state index is 0.0763. The van der Waals surface area contributed by atoms with Crippen molar-refractivity contribution in [3.63, 3.8) is 0 Å². The zero-order valence-electron chi connectivity index (χ0n) is 16.6. The maximum absolute atomic E-state index is 12.6. The predicted octanol–water partition coefficient (Wildman–Crippen LogP) is 4.48. The summed E-state index contributed by atoms with van der Waals surface area (Å²) >= 11 is 0. The minimum Gasteiger partial charge on any atom is -0.491 e. The van der Waals surface area contributed by atoms with E-state index in [0.29, 0.717) is 12.1 Å². The summed E-state index contributed by atoms with van der Waals surface area (Å²) in [5, 5.41) is 3.00. The van der Waals surface area contributed by atoms with Crippen LogP contribution in [0.4, 0.5) is 0 Å². The van der Waals surface area contributed by atoms with Gasteiger partial charge in [0.25, 0.3) is 5.91 Å². The molecule has 0 bridgehead atoms. The largest absolute Gasteiger partial charge is 0.491 e. The molecular weight excluding hydrogens is 350 g/mol. The smallest absolute Gasteiger partial charge is 0.251 e. The van der Waals surface area contributed by atoms with Gasteiger partial charge in [0.2, 0.25) is 0 Å². The van der Waals surface area contributed by atoms with Gasteiger partial charge < -0.3 is 14.6 Å². The highest BCUT2D eigenvalue weighted by Crippen LogP contribution is 2.23. The SMILES string of the molecule is CC(C)Oc1ccc(CNC(=O)c2ccc3c(c2)nc2n3CCCCC2)cc1. The van der Waals surface area contributed by atoms with Crippen LogP contribution >= 0.6 is 0 Å². The lowest BCUT2D eigenvalue weighted by molar-refractivity contribution is 0.0951. The van der Waals surface area contributed by atoms with E-state index in [1.807, 2.05) is 56.3 Å². The molecule has 2 aromatic carbocycles. The predicted molar refractivity (Wildman–Crippen MR) is 111 cm³/mol. The van der Waals surface area contributed by atoms with E-state index in [1.54, 1.807) is 0 Å². The molecule has 0 saturated heterocycles. The van der Waals surface area contributed by atoms with Crippen molar-refractivity contribution in [3.8, 4) is 5.75 Å². The lowest BCUT2D eigenvalue weighted by Crippen LogP contribution is -2.22. The number of rotatable bonds is 5. The molecule has 0 fully saturated rings. The monoisotopic (exact) mass is 377 g/mol. The van der Waals surface area contributed by atoms with Crippen molar-refractivity contribution in [3.05, 3.63) is 59.4 Å². The Morgan fingerprint density at radius 2 is 1.96 bits per heavy atom. The molecular formula is C23H27N3O2. The van der Waals surface area contributed by atoms with E-state index in [4.69, 9.17) is 9.72 Å². The molecule has 0 spiro atoms. The van der Waals surface area contributed by atoms with E-state index < -0.39 is 0 Å². The summed E-state index contributed by atoms with van der Waals surface area (Å²) in [5.74, 6) is 1.91. The number of benzene rings is 2. The van der Waals surface area contributed by atoms with Gasteiger partial charge in [0.1, 0.15) is 11.6 Å². The fourth-order valence-corrected chi connectivity index (χ4v) is 3.73. The Morgan fingerprint density at radius 1 is 1.14 bits per heavy atom. The Kier molecular flexibility index (Phi) is 5.33. The molecule has 1 aliphatic heterocycles. The van der Waals surface area contributed by atoms with E-state index >= 15 is 0 Å². The van der Waals surface area contributed by atoms with Crippen LogP contribution in [0.2, 0.25) is 0 Å². The van der Waals surface area contributed by atoms with Crippen LogP contribution in [0.5, 0.6) is 5.75 Å². The molecule has 5 nitrogen and oxygen atoms in total. The van der Waals surface area contributed by atoms with E-state index in [1.165, 1.54) is 19.3 Å². The second-order valence-electron chi connectivity index (χ2n) is 7.69. The maximum atomic E-state index is 12.6. The van der Waals surface area contributed by atoms with Gasteiger partial charge in [-0.3, -0.25) is 4.79 Å². The number of carbonyl (C=O) groups is 1. The highest BCUT2D eigenvalue weighted by atomic mass is 16.5. The van der Waals surface area contributed by atoms with Crippen LogP contribution in [0.3, 0.4) is 0 Å². The molecule has 0 atom stereocenters. The van der Waals surface area contributed by atoms with Gasteiger partial charge in [-0.05, 0) is 62.6 Å². The zero-order chi connectivity index (χ0) is 19.5. The fraction of sp³-hybridized carbons (Fsp3) is 0.391. The zero-order valence-corrected chi connectivity index (χ0v) is 16.6. The number of carbonyl (C=O) groups excluding carboxylic acids is 1. The first-order valence-corrected chi connectivity index (χ1v) is 10.1. The van der Waals surface area contributed by atoms with Crippen LogP contribution in [-0.4, -0.2) is 21.6 Å². The third-order valence-electron chi connectivity index (χ3n) is 5.12. The average molecular weight is 377 g/mol. The van der Waals surface area contributed by atoms with Gasteiger partial charge in [-0.1, -0.05) is 18.6 Å². The Balaban J connectivity index is 1.44. The van der Waals surface area contributed by atoms with Crippen LogP contribution in [-0.2, 0) is 19.5 Å². The van der Waals surface area contributed by atoms with Crippen LogP contribution < -0.4 is 10.1 Å². The Bertz CT molecular complexity index is 973. The number of nitrogens with zero attached hydrogens (tertiary/aromatic N) is 2. The first kappa shape index (κ1) is 18.5. The lowest BCUT2D eigenvalue weighted by atomic mass is 10.1. The average Bonchev–Trinajstić information content (AvgIpc) is 2.86. The van der Waals surface area contributed by atoms with Crippen LogP contribution in [0.1, 0.15) is 54.9 Å². The van der Waals surface area contributed by atoms with Crippen LogP contribution in [0, 0.1) is 0 Å². The van der Waals surface area contributed by atoms with Crippen molar-refractivity contribution in [1.29, 1.82) is 0 Å². The molecule has 1 aliphatic rings. The molecule has 0 aliphatic carbocycles. The molecule has 0 unspecified atom stereocenters. The van der Waals surface area contributed by atoms with Gasteiger partial charge in [0, 0.05) is 25.1 Å². The molecule has 1 N–H and O–H groups in total. The van der Waals surface area contributed by atoms with Crippen molar-refractivity contribution in [2.24, 2.45) is 0 Å². The first-order chi connectivity index (χ1) is 13.6. The number of hydrogen-bond acceptors (Lipinski definition) is 3. The Hall–Kier alpha value is -2.82. The number of aryl methyl sites for hydroxylation is 2. The second kappa shape index (κ2) is 8.05. The molecule has 0 saturated carbocycles. The van der Waals surface area contributed by atoms with Crippen molar-refractivity contribution < 1.29 is 9.53 Å². The summed E-state index contributed by atoms with van der Waals surface area (Å²) in [7, 11) is 0. The molecule has 4 rings (SSSR count). The van der Waals surface area contributed by atoms with Crippen molar-refractivity contribution in [2.75, 3.05) is 0 Å². The highest BCUT2D eigenvalue weighted by Gasteiger charge is 2.15. The van der Waals surface area contributed by atoms with Gasteiger partial charge in [-0.15, -0.1) is 0 Å². The van der Waals surface area contributed by atoms with Crippen LogP contribution in [0.15, 0.2) is 42.5 Å². The second-order valence-corrected chi connectivity index (χ2v) is 7.69. The number of imidazole rings is 1. The molecule has 28 heavy (non-hydrogen) atoms. The maximum Gasteiger partial charge on any atom is 0.251 e. The number of nitrogens with one attached hydrogen (secondary N) is 1. The number of aromatic nitrogens is 2.